The first kappa shape index (κ1) is 12.3. The smallest absolute Gasteiger partial charge is 0.276 e. The van der Waals surface area contributed by atoms with Gasteiger partial charge in [-0.2, -0.15) is 0 Å². The van der Waals surface area contributed by atoms with E-state index >= 15 is 0 Å². The second kappa shape index (κ2) is 5.10. The number of carbonyl (C=O) groups is 1. The van der Waals surface area contributed by atoms with Gasteiger partial charge in [0.1, 0.15) is 0 Å². The monoisotopic (exact) mass is 268 g/mol. The molecule has 0 saturated carbocycles. The summed E-state index contributed by atoms with van der Waals surface area (Å²) in [6.07, 6.45) is 6.86. The Morgan fingerprint density at radius 2 is 2.25 bits per heavy atom. The van der Waals surface area contributed by atoms with E-state index in [9.17, 15) is 4.79 Å². The van der Waals surface area contributed by atoms with E-state index < -0.39 is 5.91 Å². The highest BCUT2D eigenvalue weighted by atomic mass is 16.5. The van der Waals surface area contributed by atoms with Crippen molar-refractivity contribution in [3.63, 3.8) is 0 Å². The van der Waals surface area contributed by atoms with E-state index in [0.29, 0.717) is 12.1 Å². The number of fused-ring (bicyclic) bond motifs is 1. The summed E-state index contributed by atoms with van der Waals surface area (Å²) in [7, 11) is 0. The standard InChI is InChI=1S/C14H12N4O2/c19-14(17-20)11-6-13-12(16-8-11)3-5-18(13)9-10-2-1-4-15-7-10/h1-8,20H,9H2,(H,17,19). The minimum atomic E-state index is -0.575. The Kier molecular flexibility index (Phi) is 3.14. The van der Waals surface area contributed by atoms with Crippen LogP contribution < -0.4 is 5.48 Å². The van der Waals surface area contributed by atoms with Crippen LogP contribution in [-0.4, -0.2) is 25.6 Å². The van der Waals surface area contributed by atoms with Gasteiger partial charge >= 0.3 is 0 Å². The van der Waals surface area contributed by atoms with Crippen molar-refractivity contribution in [1.29, 1.82) is 0 Å². The molecule has 3 aromatic rings. The number of rotatable bonds is 3. The van der Waals surface area contributed by atoms with Crippen molar-refractivity contribution < 1.29 is 10.0 Å². The fourth-order valence-electron chi connectivity index (χ4n) is 2.08. The maximum Gasteiger partial charge on any atom is 0.276 e. The first-order valence-electron chi connectivity index (χ1n) is 6.06. The third-order valence-electron chi connectivity index (χ3n) is 3.06. The summed E-state index contributed by atoms with van der Waals surface area (Å²) < 4.78 is 1.98. The molecule has 6 heteroatoms. The van der Waals surface area contributed by atoms with Gasteiger partial charge in [-0.15, -0.1) is 0 Å². The van der Waals surface area contributed by atoms with Gasteiger partial charge in [0.25, 0.3) is 5.91 Å². The summed E-state index contributed by atoms with van der Waals surface area (Å²) in [5.41, 5.74) is 4.60. The molecule has 0 fully saturated rings. The van der Waals surface area contributed by atoms with Gasteiger partial charge in [0.05, 0.1) is 16.6 Å². The molecule has 0 aliphatic heterocycles. The van der Waals surface area contributed by atoms with Crippen LogP contribution >= 0.6 is 0 Å². The van der Waals surface area contributed by atoms with Crippen molar-refractivity contribution in [2.24, 2.45) is 0 Å². The van der Waals surface area contributed by atoms with Crippen molar-refractivity contribution >= 4 is 16.9 Å². The largest absolute Gasteiger partial charge is 0.342 e. The average Bonchev–Trinajstić information content (AvgIpc) is 2.90. The molecule has 0 atom stereocenters. The summed E-state index contributed by atoms with van der Waals surface area (Å²) in [6, 6.07) is 7.44. The van der Waals surface area contributed by atoms with Gasteiger partial charge in [-0.05, 0) is 23.8 Å². The molecule has 0 aliphatic carbocycles. The molecule has 0 saturated heterocycles. The van der Waals surface area contributed by atoms with Crippen molar-refractivity contribution in [3.8, 4) is 0 Å². The van der Waals surface area contributed by atoms with Crippen LogP contribution in [0.25, 0.3) is 11.0 Å². The van der Waals surface area contributed by atoms with Crippen LogP contribution in [0.1, 0.15) is 15.9 Å². The maximum absolute atomic E-state index is 11.4. The average molecular weight is 268 g/mol. The Morgan fingerprint density at radius 1 is 1.35 bits per heavy atom. The van der Waals surface area contributed by atoms with Crippen molar-refractivity contribution in [2.75, 3.05) is 0 Å². The molecular formula is C14H12N4O2. The zero-order valence-electron chi connectivity index (χ0n) is 10.5. The Labute approximate surface area is 114 Å². The lowest BCUT2D eigenvalue weighted by Crippen LogP contribution is -2.18. The van der Waals surface area contributed by atoms with Crippen LogP contribution in [0.5, 0.6) is 0 Å². The fraction of sp³-hybridized carbons (Fsp3) is 0.0714. The minimum absolute atomic E-state index is 0.311. The van der Waals surface area contributed by atoms with Gasteiger partial charge in [0.15, 0.2) is 0 Å². The van der Waals surface area contributed by atoms with E-state index in [4.69, 9.17) is 5.21 Å². The zero-order valence-corrected chi connectivity index (χ0v) is 10.5. The van der Waals surface area contributed by atoms with Crippen LogP contribution in [0.2, 0.25) is 0 Å². The quantitative estimate of drug-likeness (QED) is 0.558. The van der Waals surface area contributed by atoms with Gasteiger partial charge in [0.2, 0.25) is 0 Å². The number of hydrogen-bond donors (Lipinski definition) is 2. The van der Waals surface area contributed by atoms with Crippen molar-refractivity contribution in [1.82, 2.24) is 20.0 Å². The molecule has 3 heterocycles. The SMILES string of the molecule is O=C(NO)c1cnc2ccn(Cc3cccnc3)c2c1. The summed E-state index contributed by atoms with van der Waals surface area (Å²) in [5, 5.41) is 8.67. The Hall–Kier alpha value is -2.73. The second-order valence-corrected chi connectivity index (χ2v) is 4.37. The van der Waals surface area contributed by atoms with E-state index in [0.717, 1.165) is 16.6 Å². The molecule has 0 spiro atoms. The molecule has 2 N–H and O–H groups in total. The molecule has 100 valence electrons. The molecule has 0 unspecified atom stereocenters. The first-order chi connectivity index (χ1) is 9.78. The van der Waals surface area contributed by atoms with E-state index in [1.165, 1.54) is 6.20 Å². The number of hydrogen-bond acceptors (Lipinski definition) is 4. The lowest BCUT2D eigenvalue weighted by molar-refractivity contribution is 0.0706. The van der Waals surface area contributed by atoms with Gasteiger partial charge in [-0.3, -0.25) is 20.0 Å². The maximum atomic E-state index is 11.4. The predicted molar refractivity (Wildman–Crippen MR) is 72.3 cm³/mol. The van der Waals surface area contributed by atoms with E-state index in [1.807, 2.05) is 29.0 Å². The van der Waals surface area contributed by atoms with Gasteiger partial charge in [0, 0.05) is 31.3 Å². The number of carbonyl (C=O) groups excluding carboxylic acids is 1. The second-order valence-electron chi connectivity index (χ2n) is 4.37. The van der Waals surface area contributed by atoms with Crippen molar-refractivity contribution in [2.45, 2.75) is 6.54 Å². The number of hydroxylamine groups is 1. The summed E-state index contributed by atoms with van der Waals surface area (Å²) in [5.74, 6) is -0.575. The molecule has 6 nitrogen and oxygen atoms in total. The third kappa shape index (κ3) is 2.24. The lowest BCUT2D eigenvalue weighted by atomic mass is 10.2. The molecule has 3 aromatic heterocycles. The molecule has 0 aliphatic rings. The molecule has 1 amide bonds. The number of nitrogens with zero attached hydrogens (tertiary/aromatic N) is 3. The first-order valence-corrected chi connectivity index (χ1v) is 6.06. The van der Waals surface area contributed by atoms with Gasteiger partial charge in [-0.1, -0.05) is 6.07 Å². The molecular weight excluding hydrogens is 256 g/mol. The minimum Gasteiger partial charge on any atom is -0.342 e. The van der Waals surface area contributed by atoms with Crippen LogP contribution in [-0.2, 0) is 6.54 Å². The molecule has 20 heavy (non-hydrogen) atoms. The Morgan fingerprint density at radius 3 is 3.00 bits per heavy atom. The van der Waals surface area contributed by atoms with Gasteiger partial charge in [-0.25, -0.2) is 5.48 Å². The number of pyridine rings is 2. The van der Waals surface area contributed by atoms with Crippen LogP contribution in [0.3, 0.4) is 0 Å². The zero-order chi connectivity index (χ0) is 13.9. The topological polar surface area (TPSA) is 80.0 Å². The summed E-state index contributed by atoms with van der Waals surface area (Å²) in [6.45, 7) is 0.642. The summed E-state index contributed by atoms with van der Waals surface area (Å²) in [4.78, 5) is 19.7. The lowest BCUT2D eigenvalue weighted by Gasteiger charge is -2.06. The normalized spacial score (nSPS) is 10.7. The summed E-state index contributed by atoms with van der Waals surface area (Å²) >= 11 is 0. The van der Waals surface area contributed by atoms with E-state index in [-0.39, 0.29) is 0 Å². The van der Waals surface area contributed by atoms with Crippen molar-refractivity contribution in [3.05, 3.63) is 60.2 Å². The number of aromatic nitrogens is 3. The Bertz CT molecular complexity index is 752. The van der Waals surface area contributed by atoms with E-state index in [2.05, 4.69) is 9.97 Å². The highest BCUT2D eigenvalue weighted by molar-refractivity contribution is 5.96. The van der Waals surface area contributed by atoms with Crippen LogP contribution in [0, 0.1) is 0 Å². The molecule has 0 bridgehead atoms. The highest BCUT2D eigenvalue weighted by Crippen LogP contribution is 2.16. The molecule has 0 aromatic carbocycles. The van der Waals surface area contributed by atoms with Gasteiger partial charge < -0.3 is 4.57 Å². The number of nitrogens with one attached hydrogen (secondary N) is 1. The fourth-order valence-corrected chi connectivity index (χ4v) is 2.08. The van der Waals surface area contributed by atoms with Crippen LogP contribution in [0.15, 0.2) is 49.1 Å². The third-order valence-corrected chi connectivity index (χ3v) is 3.06. The number of amides is 1. The highest BCUT2D eigenvalue weighted by Gasteiger charge is 2.09. The molecule has 3 rings (SSSR count). The van der Waals surface area contributed by atoms with Crippen LogP contribution in [0.4, 0.5) is 0 Å². The Balaban J connectivity index is 2.01. The predicted octanol–water partition coefficient (Wildman–Crippen LogP) is 1.60. The molecule has 0 radical (unpaired) electrons. The van der Waals surface area contributed by atoms with E-state index in [1.54, 1.807) is 23.9 Å².